The van der Waals surface area contributed by atoms with Gasteiger partial charge in [0.15, 0.2) is 10.8 Å². The van der Waals surface area contributed by atoms with Crippen LogP contribution >= 0.6 is 34.8 Å². The summed E-state index contributed by atoms with van der Waals surface area (Å²) in [5.74, 6) is -0.261. The molecule has 1 aromatic heterocycles. The molecule has 134 valence electrons. The predicted molar refractivity (Wildman–Crippen MR) is 101 cm³/mol. The van der Waals surface area contributed by atoms with E-state index in [0.717, 1.165) is 18.5 Å². The van der Waals surface area contributed by atoms with E-state index in [-0.39, 0.29) is 16.8 Å². The Labute approximate surface area is 162 Å². The lowest BCUT2D eigenvalue weighted by Gasteiger charge is -2.23. The van der Waals surface area contributed by atoms with E-state index < -0.39 is 0 Å². The molecule has 0 aliphatic heterocycles. The van der Waals surface area contributed by atoms with Crippen molar-refractivity contribution in [2.45, 2.75) is 13.0 Å². The van der Waals surface area contributed by atoms with Crippen LogP contribution in [0.1, 0.15) is 22.5 Å². The summed E-state index contributed by atoms with van der Waals surface area (Å²) in [5, 5.41) is 1.03. The van der Waals surface area contributed by atoms with Gasteiger partial charge in [-0.1, -0.05) is 40.9 Å². The third-order valence-corrected chi connectivity index (χ3v) is 4.55. The third kappa shape index (κ3) is 5.82. The maximum atomic E-state index is 12.9. The van der Waals surface area contributed by atoms with Crippen LogP contribution < -0.4 is 0 Å². The Balaban J connectivity index is 2.21. The van der Waals surface area contributed by atoms with E-state index in [1.807, 2.05) is 20.2 Å². The molecule has 0 N–H and O–H groups in total. The van der Waals surface area contributed by atoms with E-state index in [2.05, 4.69) is 14.9 Å². The topological polar surface area (TPSA) is 49.3 Å². The average Bonchev–Trinajstić information content (AvgIpc) is 2.57. The minimum atomic E-state index is -0.261. The number of nitrogens with zero attached hydrogens (tertiary/aromatic N) is 4. The number of hydrogen-bond donors (Lipinski definition) is 0. The van der Waals surface area contributed by atoms with Gasteiger partial charge in [0.2, 0.25) is 0 Å². The first kappa shape index (κ1) is 19.9. The van der Waals surface area contributed by atoms with Gasteiger partial charge in [0.1, 0.15) is 0 Å². The van der Waals surface area contributed by atoms with Crippen LogP contribution in [0.25, 0.3) is 0 Å². The zero-order valence-corrected chi connectivity index (χ0v) is 16.3. The van der Waals surface area contributed by atoms with Crippen LogP contribution in [0, 0.1) is 0 Å². The highest BCUT2D eigenvalue weighted by Gasteiger charge is 2.21. The number of aromatic nitrogens is 2. The zero-order chi connectivity index (χ0) is 18.4. The van der Waals surface area contributed by atoms with Crippen molar-refractivity contribution < 1.29 is 4.79 Å². The first-order valence-corrected chi connectivity index (χ1v) is 8.86. The lowest BCUT2D eigenvalue weighted by Crippen LogP contribution is -2.34. The molecule has 0 atom stereocenters. The van der Waals surface area contributed by atoms with E-state index in [9.17, 15) is 4.79 Å². The molecular formula is C17H19Cl3N4O. The molecule has 0 radical (unpaired) electrons. The van der Waals surface area contributed by atoms with Crippen LogP contribution in [0.4, 0.5) is 0 Å². The summed E-state index contributed by atoms with van der Waals surface area (Å²) in [7, 11) is 3.98. The highest BCUT2D eigenvalue weighted by Crippen LogP contribution is 2.24. The molecule has 2 rings (SSSR count). The summed E-state index contributed by atoms with van der Waals surface area (Å²) in [6.45, 7) is 1.81. The smallest absolute Gasteiger partial charge is 0.275 e. The van der Waals surface area contributed by atoms with E-state index in [1.165, 1.54) is 12.4 Å². The lowest BCUT2D eigenvalue weighted by molar-refractivity contribution is 0.0731. The molecule has 2 aromatic rings. The molecule has 0 fully saturated rings. The fraction of sp³-hybridized carbons (Fsp3) is 0.353. The Kier molecular flexibility index (Phi) is 7.44. The third-order valence-electron chi connectivity index (χ3n) is 3.53. The molecular weight excluding hydrogens is 383 g/mol. The molecule has 0 unspecified atom stereocenters. The van der Waals surface area contributed by atoms with Gasteiger partial charge in [0, 0.05) is 25.5 Å². The molecule has 1 heterocycles. The fourth-order valence-corrected chi connectivity index (χ4v) is 2.81. The van der Waals surface area contributed by atoms with Crippen molar-refractivity contribution in [1.82, 2.24) is 19.8 Å². The largest absolute Gasteiger partial charge is 0.333 e. The SMILES string of the molecule is CN(C)CCCN(Cc1ccc(Cl)c(Cl)c1)C(=O)c1nccnc1Cl. The molecule has 8 heteroatoms. The Morgan fingerprint density at radius 2 is 1.76 bits per heavy atom. The van der Waals surface area contributed by atoms with Gasteiger partial charge in [-0.15, -0.1) is 0 Å². The van der Waals surface area contributed by atoms with Crippen LogP contribution in [0.2, 0.25) is 15.2 Å². The summed E-state index contributed by atoms with van der Waals surface area (Å²) in [6, 6.07) is 5.32. The van der Waals surface area contributed by atoms with Gasteiger partial charge in [0.05, 0.1) is 10.0 Å². The summed E-state index contributed by atoms with van der Waals surface area (Å²) >= 11 is 18.1. The number of halogens is 3. The normalized spacial score (nSPS) is 11.0. The zero-order valence-electron chi connectivity index (χ0n) is 14.0. The molecule has 5 nitrogen and oxygen atoms in total. The van der Waals surface area contributed by atoms with Crippen molar-refractivity contribution in [3.05, 3.63) is 57.0 Å². The summed E-state index contributed by atoms with van der Waals surface area (Å²) < 4.78 is 0. The van der Waals surface area contributed by atoms with Crippen LogP contribution in [0.5, 0.6) is 0 Å². The first-order chi connectivity index (χ1) is 11.9. The summed E-state index contributed by atoms with van der Waals surface area (Å²) in [4.78, 5) is 24.6. The van der Waals surface area contributed by atoms with Gasteiger partial charge in [-0.2, -0.15) is 0 Å². The molecule has 25 heavy (non-hydrogen) atoms. The van der Waals surface area contributed by atoms with E-state index in [0.29, 0.717) is 23.1 Å². The Hall–Kier alpha value is -1.40. The van der Waals surface area contributed by atoms with Crippen molar-refractivity contribution in [3.8, 4) is 0 Å². The first-order valence-electron chi connectivity index (χ1n) is 7.73. The highest BCUT2D eigenvalue weighted by molar-refractivity contribution is 6.42. The highest BCUT2D eigenvalue weighted by atomic mass is 35.5. The maximum Gasteiger partial charge on any atom is 0.275 e. The molecule has 0 aliphatic carbocycles. The molecule has 1 aromatic carbocycles. The maximum absolute atomic E-state index is 12.9. The van der Waals surface area contributed by atoms with Gasteiger partial charge >= 0.3 is 0 Å². The van der Waals surface area contributed by atoms with E-state index >= 15 is 0 Å². The second kappa shape index (κ2) is 9.34. The van der Waals surface area contributed by atoms with E-state index in [1.54, 1.807) is 17.0 Å². The number of rotatable bonds is 7. The van der Waals surface area contributed by atoms with Gasteiger partial charge in [0.25, 0.3) is 5.91 Å². The van der Waals surface area contributed by atoms with Gasteiger partial charge in [-0.3, -0.25) is 4.79 Å². The number of hydrogen-bond acceptors (Lipinski definition) is 4. The molecule has 0 aliphatic rings. The van der Waals surface area contributed by atoms with Crippen LogP contribution in [-0.4, -0.2) is 52.9 Å². The molecule has 0 saturated heterocycles. The van der Waals surface area contributed by atoms with Crippen molar-refractivity contribution in [2.75, 3.05) is 27.2 Å². The Bertz CT molecular complexity index is 740. The minimum Gasteiger partial charge on any atom is -0.333 e. The standard InChI is InChI=1S/C17H19Cl3N4O/c1-23(2)8-3-9-24(11-12-4-5-13(18)14(19)10-12)17(25)15-16(20)22-7-6-21-15/h4-7,10H,3,8-9,11H2,1-2H3. The van der Waals surface area contributed by atoms with E-state index in [4.69, 9.17) is 34.8 Å². The molecule has 0 spiro atoms. The van der Waals surface area contributed by atoms with Gasteiger partial charge in [-0.25, -0.2) is 9.97 Å². The molecule has 0 saturated carbocycles. The van der Waals surface area contributed by atoms with Crippen LogP contribution in [-0.2, 0) is 6.54 Å². The monoisotopic (exact) mass is 400 g/mol. The minimum absolute atomic E-state index is 0.0965. The number of benzene rings is 1. The van der Waals surface area contributed by atoms with Crippen molar-refractivity contribution in [3.63, 3.8) is 0 Å². The molecule has 1 amide bonds. The van der Waals surface area contributed by atoms with Crippen LogP contribution in [0.15, 0.2) is 30.6 Å². The second-order valence-corrected chi connectivity index (χ2v) is 7.00. The lowest BCUT2D eigenvalue weighted by atomic mass is 10.2. The fourth-order valence-electron chi connectivity index (χ4n) is 2.30. The van der Waals surface area contributed by atoms with Gasteiger partial charge < -0.3 is 9.80 Å². The number of carbonyl (C=O) groups is 1. The number of amides is 1. The quantitative estimate of drug-likeness (QED) is 0.703. The Morgan fingerprint density at radius 3 is 2.40 bits per heavy atom. The van der Waals surface area contributed by atoms with Crippen molar-refractivity contribution in [1.29, 1.82) is 0 Å². The number of carbonyl (C=O) groups excluding carboxylic acids is 1. The van der Waals surface area contributed by atoms with Crippen LogP contribution in [0.3, 0.4) is 0 Å². The predicted octanol–water partition coefficient (Wildman–Crippen LogP) is 4.03. The summed E-state index contributed by atoms with van der Waals surface area (Å²) in [6.07, 6.45) is 3.72. The Morgan fingerprint density at radius 1 is 1.04 bits per heavy atom. The van der Waals surface area contributed by atoms with Gasteiger partial charge in [-0.05, 0) is 44.8 Å². The molecule has 0 bridgehead atoms. The summed E-state index contributed by atoms with van der Waals surface area (Å²) in [5.41, 5.74) is 1.03. The average molecular weight is 402 g/mol. The van der Waals surface area contributed by atoms with Crippen molar-refractivity contribution >= 4 is 40.7 Å². The van der Waals surface area contributed by atoms with Crippen molar-refractivity contribution in [2.24, 2.45) is 0 Å². The second-order valence-electron chi connectivity index (χ2n) is 5.83.